The Morgan fingerprint density at radius 2 is 2.31 bits per heavy atom. The van der Waals surface area contributed by atoms with Crippen molar-refractivity contribution >= 4 is 23.3 Å². The number of aromatic nitrogens is 3. The van der Waals surface area contributed by atoms with Crippen LogP contribution in [0.5, 0.6) is 0 Å². The first-order valence-electron chi connectivity index (χ1n) is 3.81. The van der Waals surface area contributed by atoms with Crippen LogP contribution < -0.4 is 0 Å². The van der Waals surface area contributed by atoms with E-state index in [1.54, 1.807) is 18.5 Å². The number of carbonyl (C=O) groups is 1. The van der Waals surface area contributed by atoms with Crippen LogP contribution in [0.25, 0.3) is 17.0 Å². The van der Waals surface area contributed by atoms with E-state index in [1.807, 2.05) is 6.07 Å². The molecule has 13 heavy (non-hydrogen) atoms. The lowest BCUT2D eigenvalue weighted by atomic mass is 10.2. The van der Waals surface area contributed by atoms with Crippen molar-refractivity contribution < 1.29 is 4.79 Å². The molecule has 4 heteroatoms. The van der Waals surface area contributed by atoms with Crippen LogP contribution in [0.4, 0.5) is 0 Å². The number of nitrogens with one attached hydrogen (secondary N) is 1. The summed E-state index contributed by atoms with van der Waals surface area (Å²) >= 11 is 0. The van der Waals surface area contributed by atoms with Crippen molar-refractivity contribution in [3.8, 4) is 0 Å². The highest BCUT2D eigenvalue weighted by molar-refractivity contribution is 5.80. The van der Waals surface area contributed by atoms with Crippen LogP contribution in [-0.4, -0.2) is 21.5 Å². The van der Waals surface area contributed by atoms with E-state index in [9.17, 15) is 4.79 Å². The minimum absolute atomic E-state index is 0.723. The summed E-state index contributed by atoms with van der Waals surface area (Å²) in [7, 11) is 0. The van der Waals surface area contributed by atoms with Crippen LogP contribution in [0, 0.1) is 0 Å². The highest BCUT2D eigenvalue weighted by atomic mass is 16.1. The normalized spacial score (nSPS) is 11.1. The predicted molar refractivity (Wildman–Crippen MR) is 49.0 cm³/mol. The Kier molecular flexibility index (Phi) is 1.88. The lowest BCUT2D eigenvalue weighted by Crippen LogP contribution is -1.79. The molecule has 0 atom stereocenters. The molecule has 2 heterocycles. The van der Waals surface area contributed by atoms with E-state index < -0.39 is 0 Å². The van der Waals surface area contributed by atoms with Gasteiger partial charge in [0.1, 0.15) is 6.29 Å². The lowest BCUT2D eigenvalue weighted by molar-refractivity contribution is -0.104. The van der Waals surface area contributed by atoms with Gasteiger partial charge in [-0.2, -0.15) is 5.10 Å². The molecule has 0 amide bonds. The Morgan fingerprint density at radius 3 is 3.15 bits per heavy atom. The molecule has 0 aliphatic carbocycles. The molecular weight excluding hydrogens is 166 g/mol. The molecule has 0 aromatic carbocycles. The molecule has 0 aliphatic rings. The first-order valence-corrected chi connectivity index (χ1v) is 3.81. The number of fused-ring (bicyclic) bond motifs is 1. The van der Waals surface area contributed by atoms with Gasteiger partial charge in [0.25, 0.3) is 0 Å². The van der Waals surface area contributed by atoms with E-state index >= 15 is 0 Å². The molecule has 2 aromatic heterocycles. The largest absolute Gasteiger partial charge is 0.299 e. The zero-order chi connectivity index (χ0) is 9.10. The number of nitrogens with zero attached hydrogens (tertiary/aromatic N) is 2. The number of carbonyl (C=O) groups excluding carboxylic acids is 1. The third kappa shape index (κ3) is 1.46. The van der Waals surface area contributed by atoms with Gasteiger partial charge in [0, 0.05) is 5.39 Å². The van der Waals surface area contributed by atoms with Gasteiger partial charge < -0.3 is 0 Å². The number of hydrogen-bond acceptors (Lipinski definition) is 3. The molecule has 2 aromatic rings. The maximum Gasteiger partial charge on any atom is 0.142 e. The number of H-pyrrole nitrogens is 1. The van der Waals surface area contributed by atoms with Crippen molar-refractivity contribution in [3.05, 3.63) is 30.2 Å². The summed E-state index contributed by atoms with van der Waals surface area (Å²) in [5.74, 6) is 0. The maximum absolute atomic E-state index is 10.1. The van der Waals surface area contributed by atoms with Gasteiger partial charge in [0.05, 0.1) is 23.6 Å². The Labute approximate surface area is 74.3 Å². The third-order valence-corrected chi connectivity index (χ3v) is 1.69. The van der Waals surface area contributed by atoms with Crippen molar-refractivity contribution in [1.82, 2.24) is 15.2 Å². The van der Waals surface area contributed by atoms with Gasteiger partial charge in [-0.15, -0.1) is 0 Å². The van der Waals surface area contributed by atoms with Crippen molar-refractivity contribution in [2.75, 3.05) is 0 Å². The number of hydrogen-bond donors (Lipinski definition) is 1. The van der Waals surface area contributed by atoms with Crippen LogP contribution >= 0.6 is 0 Å². The molecule has 1 N–H and O–H groups in total. The molecule has 0 spiro atoms. The van der Waals surface area contributed by atoms with Gasteiger partial charge in [-0.3, -0.25) is 14.9 Å². The van der Waals surface area contributed by atoms with Crippen molar-refractivity contribution in [2.45, 2.75) is 0 Å². The number of allylic oxidation sites excluding steroid dienone is 1. The Bertz CT molecular complexity index is 459. The first-order chi connectivity index (χ1) is 6.40. The zero-order valence-corrected chi connectivity index (χ0v) is 6.77. The average Bonchev–Trinajstić information content (AvgIpc) is 2.61. The minimum atomic E-state index is 0.723. The van der Waals surface area contributed by atoms with E-state index in [1.165, 1.54) is 6.08 Å². The monoisotopic (exact) mass is 173 g/mol. The fraction of sp³-hybridized carbons (Fsp3) is 0. The number of aromatic amines is 1. The number of aldehydes is 1. The molecular formula is C9H7N3O. The van der Waals surface area contributed by atoms with E-state index in [0.717, 1.165) is 22.9 Å². The zero-order valence-electron chi connectivity index (χ0n) is 6.77. The highest BCUT2D eigenvalue weighted by Gasteiger charge is 1.95. The maximum atomic E-state index is 10.1. The fourth-order valence-electron chi connectivity index (χ4n) is 1.09. The molecule has 4 nitrogen and oxygen atoms in total. The second-order valence-corrected chi connectivity index (χ2v) is 2.56. The highest BCUT2D eigenvalue weighted by Crippen LogP contribution is 2.10. The molecule has 64 valence electrons. The number of pyridine rings is 1. The van der Waals surface area contributed by atoms with E-state index in [2.05, 4.69) is 15.2 Å². The van der Waals surface area contributed by atoms with Crippen molar-refractivity contribution in [3.63, 3.8) is 0 Å². The molecule has 0 unspecified atom stereocenters. The molecule has 2 rings (SSSR count). The molecule has 0 radical (unpaired) electrons. The second kappa shape index (κ2) is 3.18. The van der Waals surface area contributed by atoms with Gasteiger partial charge in [-0.1, -0.05) is 0 Å². The van der Waals surface area contributed by atoms with Crippen LogP contribution in [0.1, 0.15) is 5.69 Å². The fourth-order valence-corrected chi connectivity index (χ4v) is 1.09. The summed E-state index contributed by atoms with van der Waals surface area (Å²) in [4.78, 5) is 14.2. The van der Waals surface area contributed by atoms with Gasteiger partial charge in [-0.05, 0) is 18.2 Å². The Balaban J connectivity index is 2.47. The quantitative estimate of drug-likeness (QED) is 0.547. The summed E-state index contributed by atoms with van der Waals surface area (Å²) in [5.41, 5.74) is 1.64. The first kappa shape index (κ1) is 7.67. The smallest absolute Gasteiger partial charge is 0.142 e. The van der Waals surface area contributed by atoms with Crippen molar-refractivity contribution in [1.29, 1.82) is 0 Å². The minimum Gasteiger partial charge on any atom is -0.299 e. The summed E-state index contributed by atoms with van der Waals surface area (Å²) in [6.07, 6.45) is 7.19. The molecule has 0 aliphatic heterocycles. The van der Waals surface area contributed by atoms with Gasteiger partial charge >= 0.3 is 0 Å². The summed E-state index contributed by atoms with van der Waals surface area (Å²) in [5, 5.41) is 7.65. The number of rotatable bonds is 2. The topological polar surface area (TPSA) is 58.6 Å². The average molecular weight is 173 g/mol. The second-order valence-electron chi connectivity index (χ2n) is 2.56. The predicted octanol–water partition coefficient (Wildman–Crippen LogP) is 1.17. The summed E-state index contributed by atoms with van der Waals surface area (Å²) < 4.78 is 0. The Morgan fingerprint density at radius 1 is 1.38 bits per heavy atom. The summed E-state index contributed by atoms with van der Waals surface area (Å²) in [6, 6.07) is 1.86. The molecule has 0 bridgehead atoms. The molecule has 0 fully saturated rings. The van der Waals surface area contributed by atoms with E-state index in [-0.39, 0.29) is 0 Å². The van der Waals surface area contributed by atoms with E-state index in [4.69, 9.17) is 0 Å². The third-order valence-electron chi connectivity index (χ3n) is 1.69. The standard InChI is InChI=1S/C9H7N3O/c13-3-1-2-8-4-7-5-11-12-9(7)6-10-8/h1-6H,(H,11,12). The SMILES string of the molecule is O=CC=Cc1cc2cn[nH]c2cn1. The van der Waals surface area contributed by atoms with Gasteiger partial charge in [0.2, 0.25) is 0 Å². The van der Waals surface area contributed by atoms with Crippen LogP contribution in [0.15, 0.2) is 24.5 Å². The van der Waals surface area contributed by atoms with Crippen LogP contribution in [0.2, 0.25) is 0 Å². The van der Waals surface area contributed by atoms with Crippen LogP contribution in [-0.2, 0) is 4.79 Å². The van der Waals surface area contributed by atoms with Crippen LogP contribution in [0.3, 0.4) is 0 Å². The lowest BCUT2D eigenvalue weighted by Gasteiger charge is -1.90. The van der Waals surface area contributed by atoms with Crippen molar-refractivity contribution in [2.24, 2.45) is 0 Å². The molecule has 0 saturated heterocycles. The molecule has 0 saturated carbocycles. The van der Waals surface area contributed by atoms with E-state index in [0.29, 0.717) is 0 Å². The van der Waals surface area contributed by atoms with Gasteiger partial charge in [0.15, 0.2) is 0 Å². The van der Waals surface area contributed by atoms with Gasteiger partial charge in [-0.25, -0.2) is 0 Å². The Hall–Kier alpha value is -1.97. The summed E-state index contributed by atoms with van der Waals surface area (Å²) in [6.45, 7) is 0.